The summed E-state index contributed by atoms with van der Waals surface area (Å²) in [6, 6.07) is 18.5. The number of aryl methyl sites for hydroxylation is 1. The first kappa shape index (κ1) is 22.7. The number of pyridine rings is 1. The van der Waals surface area contributed by atoms with Gasteiger partial charge in [-0.25, -0.2) is 9.97 Å². The van der Waals surface area contributed by atoms with Crippen LogP contribution >= 0.6 is 0 Å². The van der Waals surface area contributed by atoms with Crippen molar-refractivity contribution in [2.75, 3.05) is 11.1 Å². The van der Waals surface area contributed by atoms with Crippen molar-refractivity contribution in [2.24, 2.45) is 0 Å². The lowest BCUT2D eigenvalue weighted by atomic mass is 10.0. The molecule has 36 heavy (non-hydrogen) atoms. The minimum absolute atomic E-state index is 0.0343. The number of nitrogens with two attached hydrogens (primary N) is 1. The number of rotatable bonds is 5. The largest absolute Gasteiger partial charge is 0.368 e. The van der Waals surface area contributed by atoms with E-state index in [1.807, 2.05) is 68.4 Å². The third kappa shape index (κ3) is 4.12. The van der Waals surface area contributed by atoms with Crippen LogP contribution in [-0.4, -0.2) is 24.5 Å². The van der Waals surface area contributed by atoms with Crippen molar-refractivity contribution < 1.29 is 0 Å². The first-order valence-electron chi connectivity index (χ1n) is 11.3. The summed E-state index contributed by atoms with van der Waals surface area (Å²) in [6.07, 6.45) is 4.88. The number of nitrogen functional groups attached to an aromatic ring is 1. The molecule has 0 amide bonds. The van der Waals surface area contributed by atoms with Crippen LogP contribution in [0.1, 0.15) is 29.9 Å². The molecule has 176 valence electrons. The molecule has 0 aliphatic heterocycles. The molecule has 0 unspecified atom stereocenters. The van der Waals surface area contributed by atoms with Gasteiger partial charge in [0.05, 0.1) is 28.8 Å². The Morgan fingerprint density at radius 2 is 1.86 bits per heavy atom. The Balaban J connectivity index is 1.75. The van der Waals surface area contributed by atoms with Crippen molar-refractivity contribution in [1.82, 2.24) is 24.5 Å². The fourth-order valence-electron chi connectivity index (χ4n) is 4.16. The van der Waals surface area contributed by atoms with E-state index in [2.05, 4.69) is 26.3 Å². The Kier molecular flexibility index (Phi) is 5.84. The Morgan fingerprint density at radius 3 is 2.61 bits per heavy atom. The molecule has 0 saturated heterocycles. The van der Waals surface area contributed by atoms with Crippen LogP contribution < -0.4 is 16.6 Å². The molecule has 3 heterocycles. The Hall–Kier alpha value is -5.10. The van der Waals surface area contributed by atoms with E-state index >= 15 is 0 Å². The highest BCUT2D eigenvalue weighted by Gasteiger charge is 2.21. The second kappa shape index (κ2) is 9.27. The number of fused-ring (bicyclic) bond motifs is 1. The first-order chi connectivity index (χ1) is 17.5. The molecule has 3 aromatic heterocycles. The molecule has 0 fully saturated rings. The lowest BCUT2D eigenvalue weighted by Gasteiger charge is -2.21. The molecule has 9 nitrogen and oxygen atoms in total. The third-order valence-electron chi connectivity index (χ3n) is 5.79. The molecule has 0 bridgehead atoms. The normalized spacial score (nSPS) is 11.7. The minimum Gasteiger partial charge on any atom is -0.368 e. The molecule has 0 spiro atoms. The topological polar surface area (TPSA) is 135 Å². The van der Waals surface area contributed by atoms with Crippen molar-refractivity contribution in [2.45, 2.75) is 19.9 Å². The molecule has 2 aromatic carbocycles. The molecule has 9 heteroatoms. The van der Waals surface area contributed by atoms with Crippen LogP contribution in [0.15, 0.2) is 78.0 Å². The lowest BCUT2D eigenvalue weighted by Crippen LogP contribution is -2.28. The van der Waals surface area contributed by atoms with Gasteiger partial charge in [0.2, 0.25) is 5.95 Å². The van der Waals surface area contributed by atoms with E-state index in [1.54, 1.807) is 17.0 Å². The van der Waals surface area contributed by atoms with Gasteiger partial charge in [-0.2, -0.15) is 10.2 Å². The van der Waals surface area contributed by atoms with Crippen LogP contribution in [0.2, 0.25) is 0 Å². The van der Waals surface area contributed by atoms with Crippen LogP contribution in [-0.2, 0) is 0 Å². The van der Waals surface area contributed by atoms with E-state index < -0.39 is 6.04 Å². The van der Waals surface area contributed by atoms with Crippen LogP contribution in [0.5, 0.6) is 0 Å². The van der Waals surface area contributed by atoms with E-state index in [0.29, 0.717) is 22.4 Å². The van der Waals surface area contributed by atoms with Gasteiger partial charge >= 0.3 is 0 Å². The molecule has 0 aliphatic rings. The number of nitrogens with one attached hydrogen (secondary N) is 1. The Morgan fingerprint density at radius 1 is 1.06 bits per heavy atom. The van der Waals surface area contributed by atoms with E-state index in [-0.39, 0.29) is 22.9 Å². The summed E-state index contributed by atoms with van der Waals surface area (Å²) in [4.78, 5) is 31.4. The molecule has 1 atom stereocenters. The molecule has 0 aliphatic carbocycles. The number of para-hydroxylation sites is 1. The summed E-state index contributed by atoms with van der Waals surface area (Å²) < 4.78 is 1.59. The van der Waals surface area contributed by atoms with Gasteiger partial charge in [-0.15, -0.1) is 0 Å². The maximum Gasteiger partial charge on any atom is 0.266 e. The Labute approximate surface area is 206 Å². The summed E-state index contributed by atoms with van der Waals surface area (Å²) in [5.41, 5.74) is 9.59. The quantitative estimate of drug-likeness (QED) is 0.387. The number of aromatic nitrogens is 5. The number of nitriles is 1. The minimum atomic E-state index is -0.506. The SMILES string of the molecule is Cc1cncc(-c2cccc3nc([C@H](C)Nc4nc(N)ncc4C#N)n(-c4ccccc4)c(=O)c23)c1. The molecule has 5 aromatic rings. The lowest BCUT2D eigenvalue weighted by molar-refractivity contribution is 0.731. The average Bonchev–Trinajstić information content (AvgIpc) is 2.89. The molecule has 3 N–H and O–H groups in total. The zero-order valence-corrected chi connectivity index (χ0v) is 19.7. The molecule has 0 radical (unpaired) electrons. The van der Waals surface area contributed by atoms with Gasteiger partial charge in [0.15, 0.2) is 0 Å². The number of hydrogen-bond acceptors (Lipinski definition) is 8. The summed E-state index contributed by atoms with van der Waals surface area (Å²) in [5, 5.41) is 13.2. The highest BCUT2D eigenvalue weighted by molar-refractivity contribution is 5.94. The Bertz CT molecular complexity index is 1690. The maximum atomic E-state index is 14.1. The van der Waals surface area contributed by atoms with Crippen LogP contribution in [0, 0.1) is 18.3 Å². The maximum absolute atomic E-state index is 14.1. The second-order valence-electron chi connectivity index (χ2n) is 8.37. The molecular weight excluding hydrogens is 452 g/mol. The zero-order valence-electron chi connectivity index (χ0n) is 19.7. The number of benzene rings is 2. The highest BCUT2D eigenvalue weighted by Crippen LogP contribution is 2.28. The summed E-state index contributed by atoms with van der Waals surface area (Å²) >= 11 is 0. The average molecular weight is 475 g/mol. The van der Waals surface area contributed by atoms with Gasteiger partial charge < -0.3 is 11.1 Å². The predicted octanol–water partition coefficient (Wildman–Crippen LogP) is 4.17. The van der Waals surface area contributed by atoms with Gasteiger partial charge in [0, 0.05) is 18.0 Å². The van der Waals surface area contributed by atoms with Crippen molar-refractivity contribution >= 4 is 22.7 Å². The monoisotopic (exact) mass is 474 g/mol. The summed E-state index contributed by atoms with van der Waals surface area (Å²) in [6.45, 7) is 3.81. The number of anilines is 2. The second-order valence-corrected chi connectivity index (χ2v) is 8.37. The molecule has 0 saturated carbocycles. The van der Waals surface area contributed by atoms with Gasteiger partial charge in [-0.3, -0.25) is 14.3 Å². The fourth-order valence-corrected chi connectivity index (χ4v) is 4.16. The van der Waals surface area contributed by atoms with E-state index in [0.717, 1.165) is 16.7 Å². The van der Waals surface area contributed by atoms with Crippen LogP contribution in [0.25, 0.3) is 27.7 Å². The van der Waals surface area contributed by atoms with Crippen LogP contribution in [0.4, 0.5) is 11.8 Å². The predicted molar refractivity (Wildman–Crippen MR) is 139 cm³/mol. The van der Waals surface area contributed by atoms with E-state index in [9.17, 15) is 10.1 Å². The van der Waals surface area contributed by atoms with Crippen molar-refractivity contribution in [3.05, 3.63) is 100 Å². The molecular formula is C27H22N8O. The van der Waals surface area contributed by atoms with E-state index in [4.69, 9.17) is 10.7 Å². The summed E-state index contributed by atoms with van der Waals surface area (Å²) in [7, 11) is 0. The zero-order chi connectivity index (χ0) is 25.2. The van der Waals surface area contributed by atoms with Crippen molar-refractivity contribution in [3.63, 3.8) is 0 Å². The third-order valence-corrected chi connectivity index (χ3v) is 5.79. The van der Waals surface area contributed by atoms with Gasteiger partial charge in [-0.1, -0.05) is 30.3 Å². The standard InChI is InChI=1S/C27H22N8O/c1-16-11-18(14-30-13-16)21-9-6-10-22-23(21)26(36)35(20-7-4-3-5-8-20)25(33-22)17(2)32-24-19(12-28)15-31-27(29)34-24/h3-11,13-15,17H,1-2H3,(H3,29,31,32,34)/t17-/m0/s1. The smallest absolute Gasteiger partial charge is 0.266 e. The highest BCUT2D eigenvalue weighted by atomic mass is 16.1. The van der Waals surface area contributed by atoms with Crippen molar-refractivity contribution in [3.8, 4) is 22.9 Å². The number of hydrogen-bond donors (Lipinski definition) is 2. The first-order valence-corrected chi connectivity index (χ1v) is 11.3. The molecule has 5 rings (SSSR count). The van der Waals surface area contributed by atoms with E-state index in [1.165, 1.54) is 6.20 Å². The van der Waals surface area contributed by atoms with Gasteiger partial charge in [0.1, 0.15) is 23.3 Å². The van der Waals surface area contributed by atoms with Gasteiger partial charge in [0.25, 0.3) is 5.56 Å². The summed E-state index contributed by atoms with van der Waals surface area (Å²) in [5.74, 6) is 0.761. The fraction of sp³-hybridized carbons (Fsp3) is 0.111. The number of nitrogens with zero attached hydrogens (tertiary/aromatic N) is 6. The van der Waals surface area contributed by atoms with Crippen molar-refractivity contribution in [1.29, 1.82) is 5.26 Å². The van der Waals surface area contributed by atoms with Gasteiger partial charge in [-0.05, 0) is 49.2 Å². The van der Waals surface area contributed by atoms with Crippen LogP contribution in [0.3, 0.4) is 0 Å².